The zero-order valence-electron chi connectivity index (χ0n) is 10.00. The Morgan fingerprint density at radius 2 is 1.68 bits per heavy atom. The Morgan fingerprint density at radius 1 is 1.05 bits per heavy atom. The van der Waals surface area contributed by atoms with Gasteiger partial charge >= 0.3 is 0 Å². The zero-order valence-corrected chi connectivity index (χ0v) is 10.00. The molecule has 0 saturated carbocycles. The van der Waals surface area contributed by atoms with Gasteiger partial charge in [0.05, 0.1) is 5.92 Å². The van der Waals surface area contributed by atoms with Gasteiger partial charge in [0.15, 0.2) is 5.78 Å². The number of hydrogen-bond donors (Lipinski definition) is 3. The van der Waals surface area contributed by atoms with Crippen LogP contribution in [0.2, 0.25) is 0 Å². The first kappa shape index (κ1) is 11.6. The molecule has 0 aliphatic heterocycles. The van der Waals surface area contributed by atoms with Crippen LogP contribution in [-0.4, -0.2) is 21.1 Å². The standard InChI is InChI=1S/C15H12O4/c16-9-6-12(17)14(13(18)7-9)15(19)11-5-8-3-1-2-4-10(8)11/h1-4,6-7,11,16-18H,5H2/t11-/m0/s1. The van der Waals surface area contributed by atoms with Crippen molar-refractivity contribution >= 4 is 5.78 Å². The summed E-state index contributed by atoms with van der Waals surface area (Å²) in [6.45, 7) is 0. The molecule has 0 radical (unpaired) electrons. The summed E-state index contributed by atoms with van der Waals surface area (Å²) in [4.78, 5) is 12.3. The lowest BCUT2D eigenvalue weighted by Gasteiger charge is -2.29. The van der Waals surface area contributed by atoms with Gasteiger partial charge in [-0.3, -0.25) is 4.79 Å². The van der Waals surface area contributed by atoms with Crippen LogP contribution < -0.4 is 0 Å². The van der Waals surface area contributed by atoms with E-state index in [0.717, 1.165) is 23.3 Å². The number of hydrogen-bond acceptors (Lipinski definition) is 4. The van der Waals surface area contributed by atoms with Crippen LogP contribution in [0.15, 0.2) is 36.4 Å². The summed E-state index contributed by atoms with van der Waals surface area (Å²) >= 11 is 0. The fourth-order valence-electron chi connectivity index (χ4n) is 2.52. The number of benzene rings is 2. The van der Waals surface area contributed by atoms with Crippen molar-refractivity contribution in [2.75, 3.05) is 0 Å². The Hall–Kier alpha value is -2.49. The number of rotatable bonds is 2. The topological polar surface area (TPSA) is 77.8 Å². The second kappa shape index (κ2) is 4.02. The van der Waals surface area contributed by atoms with E-state index in [2.05, 4.69) is 0 Å². The molecule has 0 heterocycles. The summed E-state index contributed by atoms with van der Waals surface area (Å²) in [6.07, 6.45) is 0.606. The molecule has 1 atom stereocenters. The largest absolute Gasteiger partial charge is 0.508 e. The van der Waals surface area contributed by atoms with Gasteiger partial charge in [-0.2, -0.15) is 0 Å². The van der Waals surface area contributed by atoms with E-state index in [1.165, 1.54) is 0 Å². The average molecular weight is 256 g/mol. The van der Waals surface area contributed by atoms with Gasteiger partial charge in [0.2, 0.25) is 0 Å². The molecule has 96 valence electrons. The molecule has 4 heteroatoms. The molecule has 0 fully saturated rings. The fourth-order valence-corrected chi connectivity index (χ4v) is 2.52. The third kappa shape index (κ3) is 1.73. The van der Waals surface area contributed by atoms with Crippen molar-refractivity contribution < 1.29 is 20.1 Å². The Balaban J connectivity index is 2.00. The van der Waals surface area contributed by atoms with Gasteiger partial charge in [0, 0.05) is 12.1 Å². The Labute approximate surface area is 109 Å². The predicted octanol–water partition coefficient (Wildman–Crippen LogP) is 2.33. The van der Waals surface area contributed by atoms with E-state index in [4.69, 9.17) is 0 Å². The first-order valence-corrected chi connectivity index (χ1v) is 5.95. The molecule has 0 saturated heterocycles. The van der Waals surface area contributed by atoms with Crippen LogP contribution in [0.25, 0.3) is 0 Å². The summed E-state index contributed by atoms with van der Waals surface area (Å²) in [5.74, 6) is -1.73. The van der Waals surface area contributed by atoms with E-state index in [9.17, 15) is 20.1 Å². The molecule has 2 aromatic carbocycles. The molecule has 0 bridgehead atoms. The van der Waals surface area contributed by atoms with Crippen molar-refractivity contribution in [1.82, 2.24) is 0 Å². The van der Waals surface area contributed by atoms with Gasteiger partial charge in [-0.25, -0.2) is 0 Å². The average Bonchev–Trinajstić information content (AvgIpc) is 2.29. The van der Waals surface area contributed by atoms with Crippen molar-refractivity contribution in [1.29, 1.82) is 0 Å². The first-order valence-electron chi connectivity index (χ1n) is 5.95. The molecule has 0 amide bonds. The molecule has 0 aromatic heterocycles. The van der Waals surface area contributed by atoms with E-state index in [1.807, 2.05) is 24.3 Å². The highest BCUT2D eigenvalue weighted by Gasteiger charge is 2.34. The summed E-state index contributed by atoms with van der Waals surface area (Å²) in [7, 11) is 0. The maximum atomic E-state index is 12.3. The third-order valence-electron chi connectivity index (χ3n) is 3.50. The minimum atomic E-state index is -0.396. The lowest BCUT2D eigenvalue weighted by atomic mass is 9.73. The highest BCUT2D eigenvalue weighted by Crippen LogP contribution is 2.41. The molecule has 0 spiro atoms. The van der Waals surface area contributed by atoms with E-state index in [1.54, 1.807) is 0 Å². The number of aromatic hydroxyl groups is 3. The molecule has 4 nitrogen and oxygen atoms in total. The molecule has 0 unspecified atom stereocenters. The van der Waals surface area contributed by atoms with E-state index < -0.39 is 11.5 Å². The van der Waals surface area contributed by atoms with Crippen LogP contribution in [0.4, 0.5) is 0 Å². The Morgan fingerprint density at radius 3 is 2.32 bits per heavy atom. The maximum absolute atomic E-state index is 12.3. The highest BCUT2D eigenvalue weighted by molar-refractivity contribution is 6.06. The van der Waals surface area contributed by atoms with Gasteiger partial charge < -0.3 is 15.3 Å². The summed E-state index contributed by atoms with van der Waals surface area (Å²) in [6, 6.07) is 9.70. The molecule has 1 aliphatic carbocycles. The Bertz CT molecular complexity index is 653. The van der Waals surface area contributed by atoms with Crippen LogP contribution >= 0.6 is 0 Å². The van der Waals surface area contributed by atoms with Crippen molar-refractivity contribution in [3.05, 3.63) is 53.1 Å². The van der Waals surface area contributed by atoms with Crippen molar-refractivity contribution in [3.63, 3.8) is 0 Å². The lowest BCUT2D eigenvalue weighted by Crippen LogP contribution is -2.25. The van der Waals surface area contributed by atoms with Gasteiger partial charge in [-0.15, -0.1) is 0 Å². The summed E-state index contributed by atoms with van der Waals surface area (Å²) in [5, 5.41) is 28.7. The van der Waals surface area contributed by atoms with Gasteiger partial charge in [-0.05, 0) is 17.5 Å². The monoisotopic (exact) mass is 256 g/mol. The van der Waals surface area contributed by atoms with Crippen LogP contribution in [0.5, 0.6) is 17.2 Å². The minimum absolute atomic E-state index is 0.127. The van der Waals surface area contributed by atoms with Crippen molar-refractivity contribution in [3.8, 4) is 17.2 Å². The van der Waals surface area contributed by atoms with Crippen LogP contribution in [0.3, 0.4) is 0 Å². The predicted molar refractivity (Wildman–Crippen MR) is 68.7 cm³/mol. The molecule has 3 rings (SSSR count). The number of phenols is 3. The van der Waals surface area contributed by atoms with Gasteiger partial charge in [0.25, 0.3) is 0 Å². The number of phenolic OH excluding ortho intramolecular Hbond substituents is 3. The number of fused-ring (bicyclic) bond motifs is 1. The normalized spacial score (nSPS) is 16.5. The minimum Gasteiger partial charge on any atom is -0.508 e. The summed E-state index contributed by atoms with van der Waals surface area (Å²) < 4.78 is 0. The number of Topliss-reactive ketones (excluding diaryl/α,β-unsaturated/α-hetero) is 1. The van der Waals surface area contributed by atoms with Crippen LogP contribution in [-0.2, 0) is 6.42 Å². The number of ketones is 1. The second-order valence-electron chi connectivity index (χ2n) is 4.68. The molecular weight excluding hydrogens is 244 g/mol. The first-order chi connectivity index (χ1) is 9.08. The van der Waals surface area contributed by atoms with E-state index >= 15 is 0 Å². The highest BCUT2D eigenvalue weighted by atomic mass is 16.3. The van der Waals surface area contributed by atoms with E-state index in [-0.39, 0.29) is 23.0 Å². The Kier molecular flexibility index (Phi) is 2.45. The summed E-state index contributed by atoms with van der Waals surface area (Å²) in [5.41, 5.74) is 1.91. The lowest BCUT2D eigenvalue weighted by molar-refractivity contribution is 0.0943. The van der Waals surface area contributed by atoms with Crippen molar-refractivity contribution in [2.24, 2.45) is 0 Å². The smallest absolute Gasteiger partial charge is 0.178 e. The van der Waals surface area contributed by atoms with Crippen molar-refractivity contribution in [2.45, 2.75) is 12.3 Å². The molecule has 19 heavy (non-hydrogen) atoms. The molecular formula is C15H12O4. The molecule has 2 aromatic rings. The number of carbonyl (C=O) groups is 1. The SMILES string of the molecule is O=C(c1c(O)cc(O)cc1O)[C@H]1Cc2ccccc21. The van der Waals surface area contributed by atoms with Gasteiger partial charge in [0.1, 0.15) is 22.8 Å². The van der Waals surface area contributed by atoms with Crippen LogP contribution in [0.1, 0.15) is 27.4 Å². The third-order valence-corrected chi connectivity index (χ3v) is 3.50. The molecule has 1 aliphatic rings. The maximum Gasteiger partial charge on any atom is 0.178 e. The van der Waals surface area contributed by atoms with E-state index in [0.29, 0.717) is 6.42 Å². The fraction of sp³-hybridized carbons (Fsp3) is 0.133. The zero-order chi connectivity index (χ0) is 13.6. The molecule has 3 N–H and O–H groups in total. The van der Waals surface area contributed by atoms with Crippen LogP contribution in [0, 0.1) is 0 Å². The number of carbonyl (C=O) groups excluding carboxylic acids is 1. The quantitative estimate of drug-likeness (QED) is 0.720. The second-order valence-corrected chi connectivity index (χ2v) is 4.68. The van der Waals surface area contributed by atoms with Gasteiger partial charge in [-0.1, -0.05) is 24.3 Å².